The van der Waals surface area contributed by atoms with E-state index < -0.39 is 17.1 Å². The van der Waals surface area contributed by atoms with Crippen molar-refractivity contribution in [2.45, 2.75) is 76.9 Å². The maximum atomic E-state index is 12.1. The minimum Gasteiger partial charge on any atom is -0.458 e. The number of Topliss-reactive ketones (excluding diaryl/α,β-unsaturated/α-hetero) is 1. The Labute approximate surface area is 166 Å². The Morgan fingerprint density at radius 2 is 1.89 bits per heavy atom. The zero-order chi connectivity index (χ0) is 19.9. The molecule has 4 aliphatic carbocycles. The normalized spacial score (nSPS) is 53.1. The number of aliphatic hydroxyl groups is 2. The van der Waals surface area contributed by atoms with E-state index >= 15 is 0 Å². The molecular weight excluding hydrogens is 356 g/mol. The smallest absolute Gasteiger partial charge is 0.331 e. The van der Waals surface area contributed by atoms with Crippen LogP contribution in [0.2, 0.25) is 0 Å². The molecule has 4 fully saturated rings. The van der Waals surface area contributed by atoms with Gasteiger partial charge < -0.3 is 14.9 Å². The molecule has 1 heterocycles. The first-order valence-corrected chi connectivity index (χ1v) is 11.0. The van der Waals surface area contributed by atoms with Crippen molar-refractivity contribution in [3.8, 4) is 0 Å². The Bertz CT molecular complexity index is 758. The van der Waals surface area contributed by atoms with Crippen molar-refractivity contribution in [3.05, 3.63) is 11.6 Å². The fourth-order valence-electron chi connectivity index (χ4n) is 8.18. The van der Waals surface area contributed by atoms with E-state index in [9.17, 15) is 19.8 Å². The zero-order valence-corrected chi connectivity index (χ0v) is 16.9. The van der Waals surface area contributed by atoms with E-state index in [2.05, 4.69) is 6.92 Å². The summed E-state index contributed by atoms with van der Waals surface area (Å²) in [7, 11) is 0. The molecule has 0 aromatic rings. The lowest BCUT2D eigenvalue weighted by Gasteiger charge is -2.64. The van der Waals surface area contributed by atoms with Gasteiger partial charge in [-0.1, -0.05) is 13.8 Å². The minimum absolute atomic E-state index is 0.0154. The molecule has 5 heteroatoms. The third-order valence-corrected chi connectivity index (χ3v) is 9.89. The minimum atomic E-state index is -0.929. The maximum Gasteiger partial charge on any atom is 0.331 e. The highest BCUT2D eigenvalue weighted by Gasteiger charge is 2.70. The standard InChI is InChI=1S/C23H32O5/c1-21-7-5-15(24)10-14(21)3-4-17-18(21)11-19(25)22(2)16(6-8-23(17,22)27)13-9-20(26)28-12-13/h9,14,16-19,25,27H,3-8,10-12H2,1-2H3/t14-,16-,17?,18?,19-,21+,22+,23+/m1/s1. The van der Waals surface area contributed by atoms with E-state index in [1.54, 1.807) is 6.08 Å². The number of ether oxygens (including phenoxy) is 1. The predicted octanol–water partition coefficient (Wildman–Crippen LogP) is 2.78. The molecule has 28 heavy (non-hydrogen) atoms. The number of cyclic esters (lactones) is 1. The summed E-state index contributed by atoms with van der Waals surface area (Å²) in [5, 5.41) is 23.5. The van der Waals surface area contributed by atoms with Gasteiger partial charge in [0.15, 0.2) is 0 Å². The van der Waals surface area contributed by atoms with Gasteiger partial charge in [0.2, 0.25) is 0 Å². The largest absolute Gasteiger partial charge is 0.458 e. The van der Waals surface area contributed by atoms with Crippen molar-refractivity contribution in [1.29, 1.82) is 0 Å². The molecule has 4 saturated carbocycles. The Hall–Kier alpha value is -1.20. The molecule has 0 bridgehead atoms. The van der Waals surface area contributed by atoms with Gasteiger partial charge in [-0.05, 0) is 73.2 Å². The second-order valence-electron chi connectivity index (χ2n) is 10.6. The first kappa shape index (κ1) is 18.8. The van der Waals surface area contributed by atoms with Crippen LogP contribution in [0, 0.1) is 34.5 Å². The van der Waals surface area contributed by atoms with Crippen LogP contribution in [0.5, 0.6) is 0 Å². The monoisotopic (exact) mass is 388 g/mol. The number of hydrogen-bond donors (Lipinski definition) is 2. The van der Waals surface area contributed by atoms with Crippen LogP contribution in [-0.4, -0.2) is 40.3 Å². The molecule has 5 aliphatic rings. The second-order valence-corrected chi connectivity index (χ2v) is 10.6. The fraction of sp³-hybridized carbons (Fsp3) is 0.826. The lowest BCUT2D eigenvalue weighted by molar-refractivity contribution is -0.241. The van der Waals surface area contributed by atoms with Crippen LogP contribution in [-0.2, 0) is 14.3 Å². The van der Waals surface area contributed by atoms with Gasteiger partial charge in [0.1, 0.15) is 12.4 Å². The molecule has 0 aromatic carbocycles. The van der Waals surface area contributed by atoms with E-state index in [-0.39, 0.29) is 35.7 Å². The molecule has 0 saturated heterocycles. The van der Waals surface area contributed by atoms with Gasteiger partial charge in [-0.25, -0.2) is 4.79 Å². The number of carbonyl (C=O) groups excluding carboxylic acids is 2. The molecule has 5 nitrogen and oxygen atoms in total. The van der Waals surface area contributed by atoms with E-state index in [1.165, 1.54) is 0 Å². The summed E-state index contributed by atoms with van der Waals surface area (Å²) >= 11 is 0. The Balaban J connectivity index is 1.52. The average molecular weight is 389 g/mol. The van der Waals surface area contributed by atoms with Crippen molar-refractivity contribution in [3.63, 3.8) is 0 Å². The second kappa shape index (κ2) is 5.91. The van der Waals surface area contributed by atoms with Crippen LogP contribution in [0.4, 0.5) is 0 Å². The third kappa shape index (κ3) is 2.21. The number of esters is 1. The summed E-state index contributed by atoms with van der Waals surface area (Å²) in [4.78, 5) is 23.7. The van der Waals surface area contributed by atoms with Crippen LogP contribution < -0.4 is 0 Å². The molecule has 0 spiro atoms. The van der Waals surface area contributed by atoms with E-state index in [0.29, 0.717) is 37.4 Å². The van der Waals surface area contributed by atoms with Crippen LogP contribution in [0.25, 0.3) is 0 Å². The number of aliphatic hydroxyl groups excluding tert-OH is 1. The van der Waals surface area contributed by atoms with Gasteiger partial charge in [-0.2, -0.15) is 0 Å². The molecule has 2 N–H and O–H groups in total. The average Bonchev–Trinajstić information content (AvgIpc) is 3.19. The summed E-state index contributed by atoms with van der Waals surface area (Å²) in [5.41, 5.74) is -0.619. The molecule has 154 valence electrons. The SMILES string of the molecule is C[C@]12[C@H](O)CC3C(CC[C@@H]4CC(=O)CC[C@]34C)[C@@]1(O)CC[C@@H]2C1=CC(=O)OC1. The Morgan fingerprint density at radius 3 is 2.61 bits per heavy atom. The third-order valence-electron chi connectivity index (χ3n) is 9.89. The maximum absolute atomic E-state index is 12.1. The van der Waals surface area contributed by atoms with Crippen LogP contribution in [0.1, 0.15) is 65.2 Å². The van der Waals surface area contributed by atoms with Gasteiger partial charge >= 0.3 is 5.97 Å². The van der Waals surface area contributed by atoms with E-state index in [4.69, 9.17) is 4.74 Å². The Morgan fingerprint density at radius 1 is 1.11 bits per heavy atom. The van der Waals surface area contributed by atoms with Gasteiger partial charge in [0, 0.05) is 24.3 Å². The number of carbonyl (C=O) groups is 2. The summed E-state index contributed by atoms with van der Waals surface area (Å²) < 4.78 is 5.15. The van der Waals surface area contributed by atoms with E-state index in [0.717, 1.165) is 31.3 Å². The highest BCUT2D eigenvalue weighted by atomic mass is 16.5. The lowest BCUT2D eigenvalue weighted by Crippen LogP contribution is -2.66. The van der Waals surface area contributed by atoms with Crippen LogP contribution in [0.15, 0.2) is 11.6 Å². The highest BCUT2D eigenvalue weighted by molar-refractivity contribution is 5.85. The molecular formula is C23H32O5. The summed E-state index contributed by atoms with van der Waals surface area (Å²) in [6.07, 6.45) is 7.20. The molecule has 0 aromatic heterocycles. The lowest BCUT2D eigenvalue weighted by atomic mass is 9.42. The number of rotatable bonds is 1. The summed E-state index contributed by atoms with van der Waals surface area (Å²) in [6, 6.07) is 0. The summed E-state index contributed by atoms with van der Waals surface area (Å²) in [5.74, 6) is 0.839. The van der Waals surface area contributed by atoms with Crippen molar-refractivity contribution in [1.82, 2.24) is 0 Å². The molecule has 0 amide bonds. The topological polar surface area (TPSA) is 83.8 Å². The highest BCUT2D eigenvalue weighted by Crippen LogP contribution is 2.69. The van der Waals surface area contributed by atoms with E-state index in [1.807, 2.05) is 6.92 Å². The molecule has 1 aliphatic heterocycles. The van der Waals surface area contributed by atoms with Crippen LogP contribution >= 0.6 is 0 Å². The number of fused-ring (bicyclic) bond motifs is 5. The Kier molecular flexibility index (Phi) is 3.97. The van der Waals surface area contributed by atoms with Crippen LogP contribution in [0.3, 0.4) is 0 Å². The van der Waals surface area contributed by atoms with Crippen molar-refractivity contribution >= 4 is 11.8 Å². The fourth-order valence-corrected chi connectivity index (χ4v) is 8.18. The molecule has 5 rings (SSSR count). The van der Waals surface area contributed by atoms with Gasteiger partial charge in [-0.15, -0.1) is 0 Å². The first-order valence-electron chi connectivity index (χ1n) is 11.0. The quantitative estimate of drug-likeness (QED) is 0.675. The number of hydrogen-bond acceptors (Lipinski definition) is 5. The predicted molar refractivity (Wildman–Crippen MR) is 102 cm³/mol. The first-order chi connectivity index (χ1) is 13.2. The molecule has 2 unspecified atom stereocenters. The van der Waals surface area contributed by atoms with Crippen molar-refractivity contribution in [2.24, 2.45) is 34.5 Å². The molecule has 8 atom stereocenters. The van der Waals surface area contributed by atoms with Crippen molar-refractivity contribution < 1.29 is 24.5 Å². The van der Waals surface area contributed by atoms with Gasteiger partial charge in [0.05, 0.1) is 11.7 Å². The zero-order valence-electron chi connectivity index (χ0n) is 16.9. The van der Waals surface area contributed by atoms with Gasteiger partial charge in [0.25, 0.3) is 0 Å². The molecule has 0 radical (unpaired) electrons. The summed E-state index contributed by atoms with van der Waals surface area (Å²) in [6.45, 7) is 4.63. The van der Waals surface area contributed by atoms with Gasteiger partial charge in [-0.3, -0.25) is 4.79 Å². The van der Waals surface area contributed by atoms with Crippen molar-refractivity contribution in [2.75, 3.05) is 6.61 Å². The number of ketones is 1.